The Balaban J connectivity index is 1.61. The Bertz CT molecular complexity index is 717. The monoisotopic (exact) mass is 343 g/mol. The maximum absolute atomic E-state index is 12.5. The van der Waals surface area contributed by atoms with Gasteiger partial charge in [0.05, 0.1) is 12.1 Å². The van der Waals surface area contributed by atoms with Gasteiger partial charge in [-0.15, -0.1) is 11.8 Å². The lowest BCUT2D eigenvalue weighted by molar-refractivity contribution is 0.0787. The molecule has 3 rings (SSSR count). The van der Waals surface area contributed by atoms with E-state index in [4.69, 9.17) is 9.47 Å². The van der Waals surface area contributed by atoms with Crippen molar-refractivity contribution in [3.05, 3.63) is 54.1 Å². The predicted octanol–water partition coefficient (Wildman–Crippen LogP) is 3.76. The number of carbonyl (C=O) groups is 1. The highest BCUT2D eigenvalue weighted by atomic mass is 32.2. The van der Waals surface area contributed by atoms with Crippen LogP contribution in [0.2, 0.25) is 0 Å². The van der Waals surface area contributed by atoms with E-state index in [0.717, 1.165) is 16.4 Å². The van der Waals surface area contributed by atoms with Gasteiger partial charge in [0, 0.05) is 10.1 Å². The van der Waals surface area contributed by atoms with E-state index in [1.807, 2.05) is 48.5 Å². The molecule has 0 radical (unpaired) electrons. The van der Waals surface area contributed by atoms with Crippen molar-refractivity contribution < 1.29 is 14.3 Å². The summed E-state index contributed by atoms with van der Waals surface area (Å²) in [5.74, 6) is 1.39. The molecule has 2 aromatic rings. The van der Waals surface area contributed by atoms with Gasteiger partial charge in [-0.25, -0.2) is 0 Å². The summed E-state index contributed by atoms with van der Waals surface area (Å²) in [5.41, 5.74) is 0.702. The second-order valence-electron chi connectivity index (χ2n) is 5.87. The molecule has 1 aliphatic heterocycles. The number of rotatable bonds is 5. The Hall–Kier alpha value is -2.14. The molecule has 1 aliphatic rings. The van der Waals surface area contributed by atoms with Crippen LogP contribution in [0, 0.1) is 0 Å². The van der Waals surface area contributed by atoms with Crippen LogP contribution in [0.25, 0.3) is 0 Å². The van der Waals surface area contributed by atoms with Gasteiger partial charge in [-0.1, -0.05) is 38.1 Å². The Morgan fingerprint density at radius 2 is 1.88 bits per heavy atom. The normalized spacial score (nSPS) is 16.0. The molecule has 1 atom stereocenters. The zero-order valence-electron chi connectivity index (χ0n) is 13.8. The quantitative estimate of drug-likeness (QED) is 0.840. The van der Waals surface area contributed by atoms with Crippen LogP contribution in [0.15, 0.2) is 53.4 Å². The number of carbonyl (C=O) groups excluding carboxylic acids is 1. The fourth-order valence-electron chi connectivity index (χ4n) is 2.48. The molecule has 0 saturated heterocycles. The average molecular weight is 343 g/mol. The van der Waals surface area contributed by atoms with Crippen molar-refractivity contribution in [3.8, 4) is 11.5 Å². The van der Waals surface area contributed by atoms with Crippen LogP contribution in [0.1, 0.15) is 24.2 Å². The summed E-state index contributed by atoms with van der Waals surface area (Å²) < 4.78 is 11.5. The van der Waals surface area contributed by atoms with Crippen LogP contribution in [-0.4, -0.2) is 30.4 Å². The maximum Gasteiger partial charge on any atom is 0.252 e. The Morgan fingerprint density at radius 1 is 1.17 bits per heavy atom. The standard InChI is InChI=1S/C19H21NO3S/c1-13(2)24-18-10-6-3-7-15(18)19(21)20-11-14-12-22-16-8-4-5-9-17(16)23-14/h3-10,13-14H,11-12H2,1-2H3,(H,20,21)/t14-/m1/s1. The first-order chi connectivity index (χ1) is 11.6. The third-order valence-electron chi connectivity index (χ3n) is 3.55. The van der Waals surface area contributed by atoms with E-state index in [1.165, 1.54) is 0 Å². The third-order valence-corrected chi connectivity index (χ3v) is 4.63. The molecule has 1 N–H and O–H groups in total. The topological polar surface area (TPSA) is 47.6 Å². The molecule has 0 saturated carbocycles. The van der Waals surface area contributed by atoms with E-state index < -0.39 is 0 Å². The fraction of sp³-hybridized carbons (Fsp3) is 0.316. The van der Waals surface area contributed by atoms with Crippen LogP contribution in [0.4, 0.5) is 0 Å². The molecule has 0 aromatic heterocycles. The number of fused-ring (bicyclic) bond motifs is 1. The highest BCUT2D eigenvalue weighted by Gasteiger charge is 2.22. The summed E-state index contributed by atoms with van der Waals surface area (Å²) in [6, 6.07) is 15.2. The average Bonchev–Trinajstić information content (AvgIpc) is 2.59. The number of para-hydroxylation sites is 2. The molecule has 0 aliphatic carbocycles. The van der Waals surface area contributed by atoms with Gasteiger partial charge in [-0.3, -0.25) is 4.79 Å². The lowest BCUT2D eigenvalue weighted by Crippen LogP contribution is -2.40. The molecular weight excluding hydrogens is 322 g/mol. The van der Waals surface area contributed by atoms with Crippen molar-refractivity contribution in [2.24, 2.45) is 0 Å². The van der Waals surface area contributed by atoms with Gasteiger partial charge in [-0.2, -0.15) is 0 Å². The third kappa shape index (κ3) is 4.03. The second kappa shape index (κ2) is 7.62. The van der Waals surface area contributed by atoms with Crippen molar-refractivity contribution >= 4 is 17.7 Å². The maximum atomic E-state index is 12.5. The number of benzene rings is 2. The molecule has 1 heterocycles. The largest absolute Gasteiger partial charge is 0.486 e. The lowest BCUT2D eigenvalue weighted by Gasteiger charge is -2.26. The minimum atomic E-state index is -0.186. The van der Waals surface area contributed by atoms with Crippen LogP contribution < -0.4 is 14.8 Å². The number of nitrogens with one attached hydrogen (secondary N) is 1. The Kier molecular flexibility index (Phi) is 5.30. The predicted molar refractivity (Wildman–Crippen MR) is 96.1 cm³/mol. The summed E-state index contributed by atoms with van der Waals surface area (Å²) in [5, 5.41) is 3.38. The summed E-state index contributed by atoms with van der Waals surface area (Å²) in [6.45, 7) is 5.07. The summed E-state index contributed by atoms with van der Waals surface area (Å²) in [6.07, 6.45) is -0.186. The van der Waals surface area contributed by atoms with Crippen LogP contribution >= 0.6 is 11.8 Å². The van der Waals surface area contributed by atoms with Gasteiger partial charge in [0.1, 0.15) is 12.7 Å². The first-order valence-electron chi connectivity index (χ1n) is 8.06. The van der Waals surface area contributed by atoms with Gasteiger partial charge < -0.3 is 14.8 Å². The SMILES string of the molecule is CC(C)Sc1ccccc1C(=O)NC[C@@H]1COc2ccccc2O1. The Morgan fingerprint density at radius 3 is 2.67 bits per heavy atom. The fourth-order valence-corrected chi connectivity index (χ4v) is 3.43. The second-order valence-corrected chi connectivity index (χ2v) is 7.49. The molecule has 0 bridgehead atoms. The molecule has 4 nitrogen and oxygen atoms in total. The number of thioether (sulfide) groups is 1. The molecular formula is C19H21NO3S. The zero-order valence-corrected chi connectivity index (χ0v) is 14.6. The molecule has 5 heteroatoms. The first kappa shape index (κ1) is 16.7. The summed E-state index contributed by atoms with van der Waals surface area (Å²) in [4.78, 5) is 13.5. The van der Waals surface area contributed by atoms with Gasteiger partial charge in [-0.05, 0) is 24.3 Å². The van der Waals surface area contributed by atoms with E-state index in [2.05, 4.69) is 19.2 Å². The van der Waals surface area contributed by atoms with Gasteiger partial charge in [0.25, 0.3) is 5.91 Å². The van der Waals surface area contributed by atoms with Gasteiger partial charge in [0.15, 0.2) is 11.5 Å². The van der Waals surface area contributed by atoms with E-state index in [1.54, 1.807) is 11.8 Å². The van der Waals surface area contributed by atoms with E-state index in [-0.39, 0.29) is 12.0 Å². The van der Waals surface area contributed by atoms with E-state index >= 15 is 0 Å². The van der Waals surface area contributed by atoms with Crippen LogP contribution in [0.3, 0.4) is 0 Å². The summed E-state index contributed by atoms with van der Waals surface area (Å²) in [7, 11) is 0. The van der Waals surface area contributed by atoms with Crippen molar-refractivity contribution in [2.45, 2.75) is 30.1 Å². The minimum absolute atomic E-state index is 0.0822. The number of hydrogen-bond donors (Lipinski definition) is 1. The molecule has 24 heavy (non-hydrogen) atoms. The number of hydrogen-bond acceptors (Lipinski definition) is 4. The zero-order chi connectivity index (χ0) is 16.9. The molecule has 126 valence electrons. The molecule has 2 aromatic carbocycles. The lowest BCUT2D eigenvalue weighted by atomic mass is 10.2. The van der Waals surface area contributed by atoms with Crippen LogP contribution in [0.5, 0.6) is 11.5 Å². The molecule has 0 fully saturated rings. The van der Waals surface area contributed by atoms with Crippen LogP contribution in [-0.2, 0) is 0 Å². The van der Waals surface area contributed by atoms with E-state index in [0.29, 0.717) is 24.0 Å². The first-order valence-corrected chi connectivity index (χ1v) is 8.94. The van der Waals surface area contributed by atoms with Crippen molar-refractivity contribution in [3.63, 3.8) is 0 Å². The molecule has 0 unspecified atom stereocenters. The highest BCUT2D eigenvalue weighted by Crippen LogP contribution is 2.31. The number of amides is 1. The van der Waals surface area contributed by atoms with E-state index in [9.17, 15) is 4.79 Å². The van der Waals surface area contributed by atoms with Crippen molar-refractivity contribution in [1.29, 1.82) is 0 Å². The minimum Gasteiger partial charge on any atom is -0.486 e. The smallest absolute Gasteiger partial charge is 0.252 e. The summed E-state index contributed by atoms with van der Waals surface area (Å²) >= 11 is 1.69. The van der Waals surface area contributed by atoms with Crippen molar-refractivity contribution in [1.82, 2.24) is 5.32 Å². The number of ether oxygens (including phenoxy) is 2. The van der Waals surface area contributed by atoms with Gasteiger partial charge >= 0.3 is 0 Å². The Labute approximate surface area is 146 Å². The molecule has 1 amide bonds. The van der Waals surface area contributed by atoms with Gasteiger partial charge in [0.2, 0.25) is 0 Å². The molecule has 0 spiro atoms. The van der Waals surface area contributed by atoms with Crippen molar-refractivity contribution in [2.75, 3.05) is 13.2 Å². The highest BCUT2D eigenvalue weighted by molar-refractivity contribution is 8.00.